The van der Waals surface area contributed by atoms with Gasteiger partial charge in [-0.2, -0.15) is 5.26 Å². The second-order valence-electron chi connectivity index (χ2n) is 5.10. The van der Waals surface area contributed by atoms with Crippen LogP contribution in [0, 0.1) is 17.2 Å². The highest BCUT2D eigenvalue weighted by Crippen LogP contribution is 2.37. The van der Waals surface area contributed by atoms with E-state index in [0.717, 1.165) is 44.5 Å². The summed E-state index contributed by atoms with van der Waals surface area (Å²) in [5, 5.41) is 12.7. The first-order valence-corrected chi connectivity index (χ1v) is 6.86. The molecular formula is C14H22N4. The van der Waals surface area contributed by atoms with Gasteiger partial charge in [-0.05, 0) is 32.2 Å². The van der Waals surface area contributed by atoms with E-state index < -0.39 is 0 Å². The Balaban J connectivity index is 2.00. The van der Waals surface area contributed by atoms with Gasteiger partial charge in [0.2, 0.25) is 0 Å². The first-order valence-electron chi connectivity index (χ1n) is 6.86. The largest absolute Gasteiger partial charge is 0.335 e. The van der Waals surface area contributed by atoms with Gasteiger partial charge in [0.25, 0.3) is 0 Å². The number of rotatable bonds is 5. The molecule has 1 saturated carbocycles. The number of nitrogens with zero attached hydrogens (tertiary/aromatic N) is 3. The van der Waals surface area contributed by atoms with Crippen molar-refractivity contribution in [3.8, 4) is 6.07 Å². The average molecular weight is 246 g/mol. The summed E-state index contributed by atoms with van der Waals surface area (Å²) in [6.07, 6.45) is 9.22. The average Bonchev–Trinajstić information content (AvgIpc) is 3.02. The Morgan fingerprint density at radius 1 is 1.67 bits per heavy atom. The van der Waals surface area contributed by atoms with Crippen LogP contribution in [0.4, 0.5) is 0 Å². The molecule has 0 amide bonds. The van der Waals surface area contributed by atoms with Gasteiger partial charge in [-0.15, -0.1) is 0 Å². The third-order valence-electron chi connectivity index (χ3n) is 4.30. The normalized spacial score (nSPS) is 27.3. The molecule has 4 nitrogen and oxygen atoms in total. The molecule has 1 aliphatic carbocycles. The number of hydrogen-bond donors (Lipinski definition) is 1. The molecule has 1 heterocycles. The van der Waals surface area contributed by atoms with Gasteiger partial charge in [0.05, 0.1) is 6.07 Å². The monoisotopic (exact) mass is 246 g/mol. The van der Waals surface area contributed by atoms with E-state index in [1.807, 2.05) is 19.4 Å². The second kappa shape index (κ2) is 5.53. The maximum atomic E-state index is 9.41. The lowest BCUT2D eigenvalue weighted by Crippen LogP contribution is -2.45. The van der Waals surface area contributed by atoms with Crippen LogP contribution in [-0.4, -0.2) is 22.1 Å². The van der Waals surface area contributed by atoms with Crippen LogP contribution in [0.2, 0.25) is 0 Å². The smallest absolute Gasteiger partial charge is 0.109 e. The van der Waals surface area contributed by atoms with E-state index in [9.17, 15) is 5.26 Å². The van der Waals surface area contributed by atoms with Crippen molar-refractivity contribution in [3.63, 3.8) is 0 Å². The zero-order valence-electron chi connectivity index (χ0n) is 11.3. The summed E-state index contributed by atoms with van der Waals surface area (Å²) in [5.74, 6) is 1.60. The van der Waals surface area contributed by atoms with E-state index >= 15 is 0 Å². The molecule has 0 saturated heterocycles. The van der Waals surface area contributed by atoms with Gasteiger partial charge in [-0.25, -0.2) is 4.98 Å². The van der Waals surface area contributed by atoms with Crippen LogP contribution >= 0.6 is 0 Å². The Morgan fingerprint density at radius 3 is 3.17 bits per heavy atom. The number of hydrogen-bond acceptors (Lipinski definition) is 3. The summed E-state index contributed by atoms with van der Waals surface area (Å²) in [6.45, 7) is 3.10. The molecule has 1 N–H and O–H groups in total. The third kappa shape index (κ3) is 2.28. The molecule has 2 unspecified atom stereocenters. The molecule has 0 bridgehead atoms. The van der Waals surface area contributed by atoms with E-state index in [2.05, 4.69) is 27.9 Å². The molecule has 2 rings (SSSR count). The van der Waals surface area contributed by atoms with Crippen LogP contribution in [0.25, 0.3) is 0 Å². The standard InChI is InChI=1S/C14H22N4/c1-3-13-17-8-10-18(13)9-6-12-5-4-7-14(12,11-15)16-2/h8,10,12,16H,3-7,9H2,1-2H3. The molecule has 0 spiro atoms. The van der Waals surface area contributed by atoms with E-state index in [-0.39, 0.29) is 5.54 Å². The minimum Gasteiger partial charge on any atom is -0.335 e. The first-order chi connectivity index (χ1) is 8.75. The van der Waals surface area contributed by atoms with Gasteiger partial charge in [0.1, 0.15) is 11.4 Å². The molecule has 4 heteroatoms. The van der Waals surface area contributed by atoms with E-state index in [4.69, 9.17) is 0 Å². The van der Waals surface area contributed by atoms with Crippen molar-refractivity contribution in [2.24, 2.45) is 5.92 Å². The van der Waals surface area contributed by atoms with E-state index in [0.29, 0.717) is 5.92 Å². The Morgan fingerprint density at radius 2 is 2.50 bits per heavy atom. The summed E-state index contributed by atoms with van der Waals surface area (Å²) < 4.78 is 2.22. The Kier molecular flexibility index (Phi) is 4.03. The van der Waals surface area contributed by atoms with Crippen LogP contribution in [0.5, 0.6) is 0 Å². The predicted molar refractivity (Wildman–Crippen MR) is 71.0 cm³/mol. The Hall–Kier alpha value is -1.34. The SMILES string of the molecule is CCc1nccn1CCC1CCCC1(C#N)NC. The molecule has 2 atom stereocenters. The highest BCUT2D eigenvalue weighted by Gasteiger charge is 2.41. The number of nitriles is 1. The topological polar surface area (TPSA) is 53.6 Å². The van der Waals surface area contributed by atoms with Crippen molar-refractivity contribution in [2.45, 2.75) is 51.1 Å². The van der Waals surface area contributed by atoms with E-state index in [1.165, 1.54) is 0 Å². The Bertz CT molecular complexity index is 431. The summed E-state index contributed by atoms with van der Waals surface area (Å²) in [6, 6.07) is 2.50. The van der Waals surface area contributed by atoms with Crippen molar-refractivity contribution >= 4 is 0 Å². The summed E-state index contributed by atoms with van der Waals surface area (Å²) in [7, 11) is 1.91. The lowest BCUT2D eigenvalue weighted by atomic mass is 9.86. The highest BCUT2D eigenvalue weighted by molar-refractivity contribution is 5.13. The summed E-state index contributed by atoms with van der Waals surface area (Å²) >= 11 is 0. The van der Waals surface area contributed by atoms with Crippen LogP contribution in [0.3, 0.4) is 0 Å². The fraction of sp³-hybridized carbons (Fsp3) is 0.714. The maximum Gasteiger partial charge on any atom is 0.109 e. The van der Waals surface area contributed by atoms with Gasteiger partial charge in [-0.1, -0.05) is 13.3 Å². The molecule has 1 aromatic rings. The van der Waals surface area contributed by atoms with Gasteiger partial charge >= 0.3 is 0 Å². The highest BCUT2D eigenvalue weighted by atomic mass is 15.1. The fourth-order valence-corrected chi connectivity index (χ4v) is 3.15. The zero-order valence-corrected chi connectivity index (χ0v) is 11.3. The van der Waals surface area contributed by atoms with Crippen LogP contribution < -0.4 is 5.32 Å². The molecule has 0 aromatic carbocycles. The second-order valence-corrected chi connectivity index (χ2v) is 5.10. The number of imidazole rings is 1. The molecule has 1 aliphatic rings. The molecule has 0 radical (unpaired) electrons. The van der Waals surface area contributed by atoms with Crippen molar-refractivity contribution in [1.82, 2.24) is 14.9 Å². The zero-order chi connectivity index (χ0) is 13.0. The van der Waals surface area contributed by atoms with Gasteiger partial charge < -0.3 is 9.88 Å². The fourth-order valence-electron chi connectivity index (χ4n) is 3.15. The quantitative estimate of drug-likeness (QED) is 0.865. The van der Waals surface area contributed by atoms with Crippen LogP contribution in [0.1, 0.15) is 38.4 Å². The molecule has 1 fully saturated rings. The van der Waals surface area contributed by atoms with E-state index in [1.54, 1.807) is 0 Å². The third-order valence-corrected chi connectivity index (χ3v) is 4.30. The van der Waals surface area contributed by atoms with Gasteiger partial charge in [0, 0.05) is 25.4 Å². The number of aromatic nitrogens is 2. The maximum absolute atomic E-state index is 9.41. The predicted octanol–water partition coefficient (Wildman–Crippen LogP) is 2.12. The van der Waals surface area contributed by atoms with Crippen molar-refractivity contribution in [2.75, 3.05) is 7.05 Å². The number of aryl methyl sites for hydroxylation is 2. The molecule has 1 aromatic heterocycles. The van der Waals surface area contributed by atoms with Crippen molar-refractivity contribution in [3.05, 3.63) is 18.2 Å². The van der Waals surface area contributed by atoms with Crippen molar-refractivity contribution in [1.29, 1.82) is 5.26 Å². The molecule has 18 heavy (non-hydrogen) atoms. The molecule has 0 aliphatic heterocycles. The molecular weight excluding hydrogens is 224 g/mol. The summed E-state index contributed by atoms with van der Waals surface area (Å²) in [4.78, 5) is 4.34. The number of nitrogens with one attached hydrogen (secondary N) is 1. The van der Waals surface area contributed by atoms with Crippen molar-refractivity contribution < 1.29 is 0 Å². The first kappa shape index (κ1) is 13.1. The lowest BCUT2D eigenvalue weighted by molar-refractivity contribution is 0.306. The lowest BCUT2D eigenvalue weighted by Gasteiger charge is -2.28. The minimum atomic E-state index is -0.299. The Labute approximate surface area is 109 Å². The van der Waals surface area contributed by atoms with Gasteiger partial charge in [-0.3, -0.25) is 0 Å². The van der Waals surface area contributed by atoms with Gasteiger partial charge in [0.15, 0.2) is 0 Å². The minimum absolute atomic E-state index is 0.299. The molecule has 98 valence electrons. The summed E-state index contributed by atoms with van der Waals surface area (Å²) in [5.41, 5.74) is -0.299. The van der Waals surface area contributed by atoms with Crippen LogP contribution in [-0.2, 0) is 13.0 Å². The van der Waals surface area contributed by atoms with Crippen LogP contribution in [0.15, 0.2) is 12.4 Å².